The lowest BCUT2D eigenvalue weighted by molar-refractivity contribution is 0.912. The van der Waals surface area contributed by atoms with Crippen LogP contribution in [0.15, 0.2) is 11.3 Å². The zero-order valence-electron chi connectivity index (χ0n) is 7.07. The molecule has 1 heterocycles. The van der Waals surface area contributed by atoms with E-state index >= 15 is 0 Å². The molecule has 5 nitrogen and oxygen atoms in total. The smallest absolute Gasteiger partial charge is 0.163 e. The van der Waals surface area contributed by atoms with Crippen LogP contribution in [0.1, 0.15) is 12.6 Å². The highest BCUT2D eigenvalue weighted by Gasteiger charge is 2.08. The van der Waals surface area contributed by atoms with Crippen molar-refractivity contribution in [2.24, 2.45) is 17.8 Å². The molecule has 12 heavy (non-hydrogen) atoms. The zero-order valence-corrected chi connectivity index (χ0v) is 7.07. The van der Waals surface area contributed by atoms with Crippen molar-refractivity contribution in [3.8, 4) is 0 Å². The molecule has 0 saturated carbocycles. The molecule has 0 spiro atoms. The zero-order chi connectivity index (χ0) is 9.14. The fourth-order valence-electron chi connectivity index (χ4n) is 0.888. The lowest BCUT2D eigenvalue weighted by Gasteiger charge is -1.96. The summed E-state index contributed by atoms with van der Waals surface area (Å²) < 4.78 is 1.72. The Hall–Kier alpha value is -1.65. The van der Waals surface area contributed by atoms with Gasteiger partial charge in [0.15, 0.2) is 5.82 Å². The Labute approximate surface area is 70.5 Å². The molecule has 0 bridgehead atoms. The number of hydrogen-bond acceptors (Lipinski definition) is 3. The molecule has 1 rings (SSSR count). The summed E-state index contributed by atoms with van der Waals surface area (Å²) >= 11 is 0. The highest BCUT2D eigenvalue weighted by atomic mass is 15.1. The van der Waals surface area contributed by atoms with Gasteiger partial charge in [0.25, 0.3) is 0 Å². The van der Waals surface area contributed by atoms with Gasteiger partial charge in [-0.25, -0.2) is 9.98 Å². The van der Waals surface area contributed by atoms with E-state index in [-0.39, 0.29) is 5.84 Å². The molecule has 0 amide bonds. The normalized spacial score (nSPS) is 10.8. The second-order valence-corrected chi connectivity index (χ2v) is 2.33. The van der Waals surface area contributed by atoms with E-state index < -0.39 is 0 Å². The van der Waals surface area contributed by atoms with Crippen LogP contribution >= 0.6 is 0 Å². The van der Waals surface area contributed by atoms with E-state index in [1.165, 1.54) is 0 Å². The van der Waals surface area contributed by atoms with Crippen LogP contribution in [0.25, 0.3) is 0 Å². The summed E-state index contributed by atoms with van der Waals surface area (Å²) in [7, 11) is 1.81. The van der Waals surface area contributed by atoms with Crippen molar-refractivity contribution in [2.45, 2.75) is 6.92 Å². The number of nitrogen functional groups attached to an aromatic ring is 1. The number of aromatic nitrogens is 2. The number of aryl methyl sites for hydroxylation is 1. The second kappa shape index (κ2) is 3.17. The summed E-state index contributed by atoms with van der Waals surface area (Å²) in [5.74, 6) is 0.557. The molecule has 0 atom stereocenters. The van der Waals surface area contributed by atoms with E-state index in [9.17, 15) is 0 Å². The lowest BCUT2D eigenvalue weighted by Crippen LogP contribution is -2.11. The molecule has 0 aliphatic rings. The number of hydrogen-bond donors (Lipinski definition) is 2. The van der Waals surface area contributed by atoms with Crippen LogP contribution in [0.3, 0.4) is 0 Å². The first-order valence-corrected chi connectivity index (χ1v) is 3.51. The van der Waals surface area contributed by atoms with Crippen LogP contribution in [-0.2, 0) is 7.05 Å². The molecule has 0 aliphatic carbocycles. The molecular weight excluding hydrogens is 154 g/mol. The predicted octanol–water partition coefficient (Wildman–Crippen LogP) is 0.426. The lowest BCUT2D eigenvalue weighted by atomic mass is 10.4. The predicted molar refractivity (Wildman–Crippen MR) is 48.1 cm³/mol. The van der Waals surface area contributed by atoms with Crippen LogP contribution in [0.4, 0.5) is 5.82 Å². The van der Waals surface area contributed by atoms with Gasteiger partial charge in [-0.15, -0.1) is 0 Å². The standard InChI is InChI=1S/C7H11N5/c1-3-10-7-5(6(8)9)11-4-12(7)2/h3-4H,1-2H3,(H3,8,9). The fraction of sp³-hybridized carbons (Fsp3) is 0.286. The molecule has 64 valence electrons. The number of amidine groups is 1. The van der Waals surface area contributed by atoms with Crippen LogP contribution in [0.5, 0.6) is 0 Å². The summed E-state index contributed by atoms with van der Waals surface area (Å²) in [6, 6.07) is 0. The fourth-order valence-corrected chi connectivity index (χ4v) is 0.888. The molecule has 0 unspecified atom stereocenters. The minimum atomic E-state index is -0.0591. The summed E-state index contributed by atoms with van der Waals surface area (Å²) in [6.45, 7) is 1.80. The summed E-state index contributed by atoms with van der Waals surface area (Å²) in [6.07, 6.45) is 3.22. The molecule has 3 N–H and O–H groups in total. The monoisotopic (exact) mass is 165 g/mol. The Morgan fingerprint density at radius 2 is 2.50 bits per heavy atom. The third-order valence-electron chi connectivity index (χ3n) is 1.41. The number of nitrogens with zero attached hydrogens (tertiary/aromatic N) is 3. The Morgan fingerprint density at radius 3 is 3.00 bits per heavy atom. The van der Waals surface area contributed by atoms with Gasteiger partial charge in [-0.1, -0.05) is 0 Å². The average molecular weight is 165 g/mol. The van der Waals surface area contributed by atoms with Crippen LogP contribution < -0.4 is 5.73 Å². The van der Waals surface area contributed by atoms with E-state index in [2.05, 4.69) is 9.98 Å². The Bertz CT molecular complexity index is 323. The minimum Gasteiger partial charge on any atom is -0.382 e. The number of imidazole rings is 1. The summed E-state index contributed by atoms with van der Waals surface area (Å²) in [4.78, 5) is 7.98. The summed E-state index contributed by atoms with van der Waals surface area (Å²) in [5, 5.41) is 7.20. The van der Waals surface area contributed by atoms with E-state index in [0.717, 1.165) is 0 Å². The third kappa shape index (κ3) is 1.34. The van der Waals surface area contributed by atoms with E-state index in [1.807, 2.05) is 7.05 Å². The second-order valence-electron chi connectivity index (χ2n) is 2.33. The van der Waals surface area contributed by atoms with Crippen molar-refractivity contribution in [3.05, 3.63) is 12.0 Å². The first kappa shape index (κ1) is 8.45. The Balaban J connectivity index is 3.21. The van der Waals surface area contributed by atoms with Crippen molar-refractivity contribution >= 4 is 17.9 Å². The number of nitrogens with one attached hydrogen (secondary N) is 1. The maximum absolute atomic E-state index is 7.20. The molecule has 1 aromatic heterocycles. The molecule has 0 radical (unpaired) electrons. The molecule has 5 heteroatoms. The minimum absolute atomic E-state index is 0.0591. The van der Waals surface area contributed by atoms with Crippen molar-refractivity contribution < 1.29 is 0 Å². The van der Waals surface area contributed by atoms with Gasteiger partial charge in [0.2, 0.25) is 0 Å². The Kier molecular flexibility index (Phi) is 2.23. The largest absolute Gasteiger partial charge is 0.382 e. The van der Waals surface area contributed by atoms with Gasteiger partial charge in [0.05, 0.1) is 6.33 Å². The quantitative estimate of drug-likeness (QED) is 0.492. The molecule has 0 aliphatic heterocycles. The maximum atomic E-state index is 7.20. The van der Waals surface area contributed by atoms with E-state index in [1.54, 1.807) is 24.0 Å². The SMILES string of the molecule is CC=Nc1c(C(=N)N)ncn1C. The topological polar surface area (TPSA) is 80.1 Å². The number of nitrogens with two attached hydrogens (primary N) is 1. The van der Waals surface area contributed by atoms with Gasteiger partial charge in [0, 0.05) is 13.3 Å². The third-order valence-corrected chi connectivity index (χ3v) is 1.41. The molecular formula is C7H11N5. The molecule has 0 fully saturated rings. The molecule has 0 saturated heterocycles. The maximum Gasteiger partial charge on any atom is 0.163 e. The molecule has 1 aromatic rings. The van der Waals surface area contributed by atoms with Gasteiger partial charge >= 0.3 is 0 Å². The van der Waals surface area contributed by atoms with Gasteiger partial charge in [-0.3, -0.25) is 5.41 Å². The van der Waals surface area contributed by atoms with Crippen molar-refractivity contribution in [2.75, 3.05) is 0 Å². The van der Waals surface area contributed by atoms with Gasteiger partial charge in [-0.05, 0) is 6.92 Å². The van der Waals surface area contributed by atoms with Gasteiger partial charge < -0.3 is 10.3 Å². The first-order valence-electron chi connectivity index (χ1n) is 3.51. The summed E-state index contributed by atoms with van der Waals surface area (Å²) in [5.41, 5.74) is 5.72. The molecule has 0 aromatic carbocycles. The van der Waals surface area contributed by atoms with Gasteiger partial charge in [0.1, 0.15) is 11.5 Å². The van der Waals surface area contributed by atoms with Crippen LogP contribution in [-0.4, -0.2) is 21.6 Å². The average Bonchev–Trinajstić information content (AvgIpc) is 2.34. The van der Waals surface area contributed by atoms with Gasteiger partial charge in [-0.2, -0.15) is 0 Å². The van der Waals surface area contributed by atoms with Crippen LogP contribution in [0.2, 0.25) is 0 Å². The van der Waals surface area contributed by atoms with E-state index in [0.29, 0.717) is 11.5 Å². The van der Waals surface area contributed by atoms with E-state index in [4.69, 9.17) is 11.1 Å². The highest BCUT2D eigenvalue weighted by Crippen LogP contribution is 2.14. The number of rotatable bonds is 2. The highest BCUT2D eigenvalue weighted by molar-refractivity contribution is 5.97. The van der Waals surface area contributed by atoms with Crippen LogP contribution in [0, 0.1) is 5.41 Å². The van der Waals surface area contributed by atoms with Crippen molar-refractivity contribution in [1.29, 1.82) is 5.41 Å². The number of aliphatic imine (C=N–C) groups is 1. The van der Waals surface area contributed by atoms with Crippen molar-refractivity contribution in [3.63, 3.8) is 0 Å². The first-order chi connectivity index (χ1) is 5.66. The Morgan fingerprint density at radius 1 is 1.83 bits per heavy atom. The van der Waals surface area contributed by atoms with Crippen molar-refractivity contribution in [1.82, 2.24) is 9.55 Å².